The van der Waals surface area contributed by atoms with Crippen LogP contribution < -0.4 is 10.1 Å². The van der Waals surface area contributed by atoms with E-state index < -0.39 is 17.9 Å². The summed E-state index contributed by atoms with van der Waals surface area (Å²) in [5.74, 6) is -1.01. The average Bonchev–Trinajstić information content (AvgIpc) is 2.38. The number of hydrogen-bond donors (Lipinski definition) is 2. The number of carboxylic acid groups (broad SMARTS) is 1. The Balaban J connectivity index is 2.79. The van der Waals surface area contributed by atoms with Crippen molar-refractivity contribution in [3.8, 4) is 5.75 Å². The summed E-state index contributed by atoms with van der Waals surface area (Å²) in [6.45, 7) is 3.46. The van der Waals surface area contributed by atoms with E-state index in [0.29, 0.717) is 11.3 Å². The van der Waals surface area contributed by atoms with Crippen LogP contribution in [0.15, 0.2) is 36.9 Å². The smallest absolute Gasteiger partial charge is 0.326 e. The fourth-order valence-corrected chi connectivity index (χ4v) is 1.39. The first-order valence-electron chi connectivity index (χ1n) is 5.37. The maximum atomic E-state index is 11.8. The maximum absolute atomic E-state index is 11.8. The molecule has 1 rings (SSSR count). The van der Waals surface area contributed by atoms with Gasteiger partial charge in [-0.3, -0.25) is 4.79 Å². The van der Waals surface area contributed by atoms with E-state index in [1.54, 1.807) is 24.3 Å². The van der Waals surface area contributed by atoms with E-state index in [2.05, 4.69) is 11.9 Å². The first-order valence-corrected chi connectivity index (χ1v) is 5.37. The van der Waals surface area contributed by atoms with Gasteiger partial charge in [0.15, 0.2) is 0 Å². The van der Waals surface area contributed by atoms with Gasteiger partial charge in [-0.15, -0.1) is 6.58 Å². The van der Waals surface area contributed by atoms with Crippen LogP contribution in [0, 0.1) is 0 Å². The predicted molar refractivity (Wildman–Crippen MR) is 66.7 cm³/mol. The van der Waals surface area contributed by atoms with Gasteiger partial charge < -0.3 is 15.2 Å². The van der Waals surface area contributed by atoms with Crippen molar-refractivity contribution in [3.63, 3.8) is 0 Å². The number of carbonyl (C=O) groups is 2. The van der Waals surface area contributed by atoms with E-state index in [-0.39, 0.29) is 6.42 Å². The van der Waals surface area contributed by atoms with Crippen molar-refractivity contribution < 1.29 is 19.4 Å². The van der Waals surface area contributed by atoms with Crippen molar-refractivity contribution in [2.24, 2.45) is 0 Å². The van der Waals surface area contributed by atoms with Gasteiger partial charge in [0.1, 0.15) is 11.8 Å². The van der Waals surface area contributed by atoms with Gasteiger partial charge in [-0.2, -0.15) is 0 Å². The molecule has 1 aromatic rings. The molecular weight excluding hydrogens is 234 g/mol. The molecule has 0 heterocycles. The summed E-state index contributed by atoms with van der Waals surface area (Å²) in [6.07, 6.45) is 1.62. The molecule has 0 aliphatic heterocycles. The lowest BCUT2D eigenvalue weighted by Crippen LogP contribution is -2.40. The molecule has 0 saturated carbocycles. The van der Waals surface area contributed by atoms with Gasteiger partial charge in [-0.05, 0) is 24.6 Å². The zero-order valence-corrected chi connectivity index (χ0v) is 10.1. The lowest BCUT2D eigenvalue weighted by atomic mass is 10.1. The molecule has 1 amide bonds. The van der Waals surface area contributed by atoms with E-state index >= 15 is 0 Å². The number of aliphatic carboxylic acids is 1. The van der Waals surface area contributed by atoms with Crippen LogP contribution in [-0.4, -0.2) is 30.1 Å². The topological polar surface area (TPSA) is 75.6 Å². The standard InChI is InChI=1S/C13H15NO4/c1-3-5-11(13(16)17)14-12(15)9-6-4-7-10(8-9)18-2/h3-4,6-8,11H,1,5H2,2H3,(H,14,15)(H,16,17). The van der Waals surface area contributed by atoms with Crippen molar-refractivity contribution in [1.29, 1.82) is 0 Å². The number of benzene rings is 1. The SMILES string of the molecule is C=CCC(NC(=O)c1cccc(OC)c1)C(=O)O. The van der Waals surface area contributed by atoms with Crippen molar-refractivity contribution in [3.05, 3.63) is 42.5 Å². The van der Waals surface area contributed by atoms with E-state index in [9.17, 15) is 9.59 Å². The highest BCUT2D eigenvalue weighted by Gasteiger charge is 2.19. The zero-order valence-electron chi connectivity index (χ0n) is 10.1. The summed E-state index contributed by atoms with van der Waals surface area (Å²) < 4.78 is 4.99. The Morgan fingerprint density at radius 3 is 2.83 bits per heavy atom. The molecule has 0 bridgehead atoms. The third-order valence-electron chi connectivity index (χ3n) is 2.34. The molecule has 96 valence electrons. The Morgan fingerprint density at radius 1 is 1.56 bits per heavy atom. The van der Waals surface area contributed by atoms with E-state index in [1.807, 2.05) is 0 Å². The van der Waals surface area contributed by atoms with Crippen LogP contribution in [0.2, 0.25) is 0 Å². The van der Waals surface area contributed by atoms with Gasteiger partial charge in [0, 0.05) is 5.56 Å². The number of hydrogen-bond acceptors (Lipinski definition) is 3. The second-order valence-corrected chi connectivity index (χ2v) is 3.62. The second-order valence-electron chi connectivity index (χ2n) is 3.62. The molecule has 1 atom stereocenters. The number of carbonyl (C=O) groups excluding carboxylic acids is 1. The van der Waals surface area contributed by atoms with Gasteiger partial charge in [0.05, 0.1) is 7.11 Å². The average molecular weight is 249 g/mol. The van der Waals surface area contributed by atoms with Crippen LogP contribution in [0.25, 0.3) is 0 Å². The normalized spacial score (nSPS) is 11.4. The predicted octanol–water partition coefficient (Wildman–Crippen LogP) is 1.45. The molecule has 0 radical (unpaired) electrons. The highest BCUT2D eigenvalue weighted by Crippen LogP contribution is 2.12. The van der Waals surface area contributed by atoms with Gasteiger partial charge in [0.25, 0.3) is 5.91 Å². The minimum Gasteiger partial charge on any atom is -0.497 e. The first kappa shape index (κ1) is 13.8. The molecule has 0 saturated heterocycles. The molecule has 1 aromatic carbocycles. The Morgan fingerprint density at radius 2 is 2.28 bits per heavy atom. The van der Waals surface area contributed by atoms with Crippen molar-refractivity contribution in [2.45, 2.75) is 12.5 Å². The van der Waals surface area contributed by atoms with Crippen LogP contribution in [0.4, 0.5) is 0 Å². The minimum atomic E-state index is -1.09. The van der Waals surface area contributed by atoms with Crippen LogP contribution in [0.1, 0.15) is 16.8 Å². The van der Waals surface area contributed by atoms with E-state index in [4.69, 9.17) is 9.84 Å². The molecule has 0 spiro atoms. The van der Waals surface area contributed by atoms with Crippen LogP contribution in [0.3, 0.4) is 0 Å². The summed E-state index contributed by atoms with van der Waals surface area (Å²) in [6, 6.07) is 5.53. The number of nitrogens with one attached hydrogen (secondary N) is 1. The molecule has 2 N–H and O–H groups in total. The summed E-state index contributed by atoms with van der Waals surface area (Å²) >= 11 is 0. The molecular formula is C13H15NO4. The Kier molecular flexibility index (Phi) is 4.92. The molecule has 5 heteroatoms. The van der Waals surface area contributed by atoms with Gasteiger partial charge >= 0.3 is 5.97 Å². The second kappa shape index (κ2) is 6.44. The highest BCUT2D eigenvalue weighted by molar-refractivity contribution is 5.96. The van der Waals surface area contributed by atoms with E-state index in [0.717, 1.165) is 0 Å². The highest BCUT2D eigenvalue weighted by atomic mass is 16.5. The van der Waals surface area contributed by atoms with Gasteiger partial charge in [-0.25, -0.2) is 4.79 Å². The Labute approximate surface area is 105 Å². The number of ether oxygens (including phenoxy) is 1. The minimum absolute atomic E-state index is 0.172. The number of amides is 1. The molecule has 0 fully saturated rings. The molecule has 5 nitrogen and oxygen atoms in total. The summed E-state index contributed by atoms with van der Waals surface area (Å²) in [4.78, 5) is 22.7. The first-order chi connectivity index (χ1) is 8.58. The molecule has 0 aromatic heterocycles. The Hall–Kier alpha value is -2.30. The molecule has 1 unspecified atom stereocenters. The zero-order chi connectivity index (χ0) is 13.5. The lowest BCUT2D eigenvalue weighted by molar-refractivity contribution is -0.139. The van der Waals surface area contributed by atoms with Crippen LogP contribution in [-0.2, 0) is 4.79 Å². The monoisotopic (exact) mass is 249 g/mol. The third-order valence-corrected chi connectivity index (χ3v) is 2.34. The van der Waals surface area contributed by atoms with Crippen LogP contribution >= 0.6 is 0 Å². The van der Waals surface area contributed by atoms with Crippen molar-refractivity contribution >= 4 is 11.9 Å². The van der Waals surface area contributed by atoms with Gasteiger partial charge in [0.2, 0.25) is 0 Å². The quantitative estimate of drug-likeness (QED) is 0.748. The largest absolute Gasteiger partial charge is 0.497 e. The summed E-state index contributed by atoms with van der Waals surface area (Å²) in [5.41, 5.74) is 0.352. The fraction of sp³-hybridized carbons (Fsp3) is 0.231. The van der Waals surface area contributed by atoms with Crippen molar-refractivity contribution in [1.82, 2.24) is 5.32 Å². The van der Waals surface area contributed by atoms with Crippen LogP contribution in [0.5, 0.6) is 5.75 Å². The van der Waals surface area contributed by atoms with Gasteiger partial charge in [-0.1, -0.05) is 12.1 Å². The van der Waals surface area contributed by atoms with Crippen molar-refractivity contribution in [2.75, 3.05) is 7.11 Å². The fourth-order valence-electron chi connectivity index (χ4n) is 1.39. The Bertz CT molecular complexity index is 456. The molecule has 18 heavy (non-hydrogen) atoms. The summed E-state index contributed by atoms with van der Waals surface area (Å²) in [7, 11) is 1.49. The molecule has 0 aliphatic rings. The summed E-state index contributed by atoms with van der Waals surface area (Å²) in [5, 5.41) is 11.3. The number of carboxylic acids is 1. The number of methoxy groups -OCH3 is 1. The number of rotatable bonds is 6. The van der Waals surface area contributed by atoms with E-state index in [1.165, 1.54) is 13.2 Å². The lowest BCUT2D eigenvalue weighted by Gasteiger charge is -2.12. The molecule has 0 aliphatic carbocycles. The third kappa shape index (κ3) is 3.62. The maximum Gasteiger partial charge on any atom is 0.326 e.